The number of hydrogen-bond acceptors (Lipinski definition) is 4. The van der Waals surface area contributed by atoms with Gasteiger partial charge >= 0.3 is 7.12 Å². The first-order valence-corrected chi connectivity index (χ1v) is 9.71. The summed E-state index contributed by atoms with van der Waals surface area (Å²) in [5.74, 6) is -3.18. The minimum absolute atomic E-state index is 0.0106. The Kier molecular flexibility index (Phi) is 4.31. The van der Waals surface area contributed by atoms with Crippen molar-refractivity contribution in [2.75, 3.05) is 13.2 Å². The van der Waals surface area contributed by atoms with Crippen LogP contribution in [0.3, 0.4) is 0 Å². The molecule has 4 rings (SSSR count). The molecule has 0 aliphatic carbocycles. The SMILES string of the molecule is Cc1c(B2OC(C)(C)C(C)(C)O2)cc2c(c1Cl)OC[C@@H]1CC(F)(F)CN1C2=O. The summed E-state index contributed by atoms with van der Waals surface area (Å²) in [5.41, 5.74) is 0.321. The van der Waals surface area contributed by atoms with Crippen LogP contribution in [0.1, 0.15) is 50.0 Å². The quantitative estimate of drug-likeness (QED) is 0.664. The summed E-state index contributed by atoms with van der Waals surface area (Å²) < 4.78 is 45.6. The maximum atomic E-state index is 13.9. The van der Waals surface area contributed by atoms with Crippen molar-refractivity contribution in [2.24, 2.45) is 0 Å². The summed E-state index contributed by atoms with van der Waals surface area (Å²) in [7, 11) is -0.723. The summed E-state index contributed by atoms with van der Waals surface area (Å²) in [5, 5.41) is 0.281. The molecule has 28 heavy (non-hydrogen) atoms. The van der Waals surface area contributed by atoms with Crippen molar-refractivity contribution in [3.8, 4) is 5.75 Å². The lowest BCUT2D eigenvalue weighted by Crippen LogP contribution is -2.41. The molecule has 5 nitrogen and oxygen atoms in total. The number of fused-ring (bicyclic) bond motifs is 2. The van der Waals surface area contributed by atoms with Crippen LogP contribution in [0.4, 0.5) is 8.78 Å². The van der Waals surface area contributed by atoms with Crippen LogP contribution >= 0.6 is 11.6 Å². The third-order valence-electron chi connectivity index (χ3n) is 6.30. The zero-order valence-corrected chi connectivity index (χ0v) is 17.3. The largest absolute Gasteiger partial charge is 0.495 e. The number of amides is 1. The van der Waals surface area contributed by atoms with E-state index in [1.807, 2.05) is 27.7 Å². The van der Waals surface area contributed by atoms with E-state index in [0.29, 0.717) is 11.0 Å². The zero-order chi connectivity index (χ0) is 20.6. The highest BCUT2D eigenvalue weighted by Gasteiger charge is 2.53. The molecule has 3 aliphatic heterocycles. The van der Waals surface area contributed by atoms with Crippen LogP contribution in [0.5, 0.6) is 5.75 Å². The molecular weight excluding hydrogens is 390 g/mol. The Hall–Kier alpha value is -1.38. The molecule has 0 unspecified atom stereocenters. The third kappa shape index (κ3) is 2.92. The van der Waals surface area contributed by atoms with Crippen molar-refractivity contribution in [2.45, 2.75) is 64.2 Å². The Morgan fingerprint density at radius 2 is 1.82 bits per heavy atom. The molecule has 3 heterocycles. The van der Waals surface area contributed by atoms with Gasteiger partial charge in [-0.05, 0) is 51.7 Å². The zero-order valence-electron chi connectivity index (χ0n) is 16.6. The highest BCUT2D eigenvalue weighted by Crippen LogP contribution is 2.41. The predicted octanol–water partition coefficient (Wildman–Crippen LogP) is 3.19. The van der Waals surface area contributed by atoms with E-state index < -0.39 is 49.2 Å². The van der Waals surface area contributed by atoms with Crippen LogP contribution in [-0.2, 0) is 9.31 Å². The van der Waals surface area contributed by atoms with Crippen molar-refractivity contribution < 1.29 is 27.6 Å². The Morgan fingerprint density at radius 3 is 2.43 bits per heavy atom. The second-order valence-electron chi connectivity index (χ2n) is 8.83. The van der Waals surface area contributed by atoms with Gasteiger partial charge in [-0.2, -0.15) is 0 Å². The van der Waals surface area contributed by atoms with E-state index in [1.165, 1.54) is 4.90 Å². The lowest BCUT2D eigenvalue weighted by Gasteiger charge is -2.32. The van der Waals surface area contributed by atoms with Gasteiger partial charge < -0.3 is 18.9 Å². The molecule has 0 radical (unpaired) electrons. The average molecular weight is 414 g/mol. The van der Waals surface area contributed by atoms with Gasteiger partial charge in [-0.3, -0.25) is 4.79 Å². The number of benzene rings is 1. The predicted molar refractivity (Wildman–Crippen MR) is 102 cm³/mol. The number of nitrogens with zero attached hydrogens (tertiary/aromatic N) is 1. The molecule has 2 fully saturated rings. The van der Waals surface area contributed by atoms with Crippen molar-refractivity contribution in [3.63, 3.8) is 0 Å². The second-order valence-corrected chi connectivity index (χ2v) is 9.21. The highest BCUT2D eigenvalue weighted by atomic mass is 35.5. The van der Waals surface area contributed by atoms with Crippen molar-refractivity contribution >= 4 is 30.1 Å². The minimum Gasteiger partial charge on any atom is -0.489 e. The van der Waals surface area contributed by atoms with E-state index in [9.17, 15) is 13.6 Å². The lowest BCUT2D eigenvalue weighted by atomic mass is 9.75. The molecule has 0 aromatic heterocycles. The van der Waals surface area contributed by atoms with E-state index in [2.05, 4.69) is 0 Å². The second kappa shape index (κ2) is 6.06. The molecular formula is C19H23BClF2NO4. The van der Waals surface area contributed by atoms with E-state index >= 15 is 0 Å². The number of carbonyl (C=O) groups excluding carboxylic acids is 1. The molecule has 9 heteroatoms. The summed E-state index contributed by atoms with van der Waals surface area (Å²) in [4.78, 5) is 14.2. The average Bonchev–Trinajstić information content (AvgIpc) is 2.95. The number of alkyl halides is 2. The first kappa shape index (κ1) is 19.9. The molecule has 1 aromatic carbocycles. The molecule has 1 amide bonds. The van der Waals surface area contributed by atoms with Gasteiger partial charge in [0.25, 0.3) is 11.8 Å². The van der Waals surface area contributed by atoms with Crippen LogP contribution in [0.25, 0.3) is 0 Å². The molecule has 0 N–H and O–H groups in total. The molecule has 3 aliphatic rings. The molecule has 152 valence electrons. The third-order valence-corrected chi connectivity index (χ3v) is 6.76. The van der Waals surface area contributed by atoms with Gasteiger partial charge in [0.2, 0.25) is 0 Å². The van der Waals surface area contributed by atoms with Crippen molar-refractivity contribution in [1.29, 1.82) is 0 Å². The Balaban J connectivity index is 1.77. The molecule has 0 bridgehead atoms. The summed E-state index contributed by atoms with van der Waals surface area (Å²) >= 11 is 6.53. The van der Waals surface area contributed by atoms with Gasteiger partial charge in [0.1, 0.15) is 6.61 Å². The van der Waals surface area contributed by atoms with Gasteiger partial charge in [0, 0.05) is 6.42 Å². The van der Waals surface area contributed by atoms with Crippen molar-refractivity contribution in [1.82, 2.24) is 4.90 Å². The highest BCUT2D eigenvalue weighted by molar-refractivity contribution is 6.63. The number of ether oxygens (including phenoxy) is 1. The van der Waals surface area contributed by atoms with Gasteiger partial charge in [-0.15, -0.1) is 0 Å². The van der Waals surface area contributed by atoms with Gasteiger partial charge in [0.05, 0.1) is 34.4 Å². The fraction of sp³-hybridized carbons (Fsp3) is 0.632. The molecule has 1 atom stereocenters. The molecule has 0 spiro atoms. The summed E-state index contributed by atoms with van der Waals surface area (Å²) in [6.45, 7) is 8.89. The number of halogens is 3. The minimum atomic E-state index is -2.91. The lowest BCUT2D eigenvalue weighted by molar-refractivity contribution is 0.00578. The first-order chi connectivity index (χ1) is 12.8. The molecule has 0 saturated carbocycles. The molecule has 2 saturated heterocycles. The van der Waals surface area contributed by atoms with E-state index in [0.717, 1.165) is 0 Å². The fourth-order valence-corrected chi connectivity index (χ4v) is 4.14. The maximum Gasteiger partial charge on any atom is 0.495 e. The van der Waals surface area contributed by atoms with Crippen LogP contribution in [0, 0.1) is 6.92 Å². The maximum absolute atomic E-state index is 13.9. The van der Waals surface area contributed by atoms with Gasteiger partial charge in [-0.1, -0.05) is 11.6 Å². The fourth-order valence-electron chi connectivity index (χ4n) is 3.88. The Morgan fingerprint density at radius 1 is 1.21 bits per heavy atom. The van der Waals surface area contributed by atoms with E-state index in [-0.39, 0.29) is 22.9 Å². The number of rotatable bonds is 1. The molecule has 1 aromatic rings. The van der Waals surface area contributed by atoms with Crippen LogP contribution in [0.15, 0.2) is 6.07 Å². The van der Waals surface area contributed by atoms with Crippen LogP contribution < -0.4 is 10.2 Å². The number of carbonyl (C=O) groups is 1. The summed E-state index contributed by atoms with van der Waals surface area (Å²) in [6, 6.07) is 0.937. The smallest absolute Gasteiger partial charge is 0.489 e. The van der Waals surface area contributed by atoms with Crippen LogP contribution in [-0.4, -0.2) is 54.2 Å². The van der Waals surface area contributed by atoms with E-state index in [4.69, 9.17) is 25.6 Å². The first-order valence-electron chi connectivity index (χ1n) is 9.33. The van der Waals surface area contributed by atoms with E-state index in [1.54, 1.807) is 13.0 Å². The van der Waals surface area contributed by atoms with Crippen LogP contribution in [0.2, 0.25) is 5.02 Å². The van der Waals surface area contributed by atoms with Gasteiger partial charge in [0.15, 0.2) is 5.75 Å². The topological polar surface area (TPSA) is 48.0 Å². The van der Waals surface area contributed by atoms with Crippen molar-refractivity contribution in [3.05, 3.63) is 22.2 Å². The van der Waals surface area contributed by atoms with Gasteiger partial charge in [-0.25, -0.2) is 8.78 Å². The number of hydrogen-bond donors (Lipinski definition) is 0. The normalized spacial score (nSPS) is 27.3. The Bertz CT molecular complexity index is 845. The standard InChI is InChI=1S/C19H23BClF2NO4/c1-10-13(20-27-17(2,3)18(4,5)28-20)6-12-15(14(10)21)26-8-11-7-19(22,23)9-24(11)16(12)25/h6,11H,7-9H2,1-5H3/t11-/m0/s1. The monoisotopic (exact) mass is 413 g/mol. The Labute approximate surface area is 168 Å². The summed E-state index contributed by atoms with van der Waals surface area (Å²) in [6.07, 6.45) is -0.409.